The van der Waals surface area contributed by atoms with Crippen LogP contribution in [0.2, 0.25) is 0 Å². The molecule has 24 heavy (non-hydrogen) atoms. The Morgan fingerprint density at radius 2 is 1.79 bits per heavy atom. The molecule has 1 unspecified atom stereocenters. The number of fused-ring (bicyclic) bond motifs is 1. The van der Waals surface area contributed by atoms with Crippen LogP contribution in [0.15, 0.2) is 47.1 Å². The van der Waals surface area contributed by atoms with E-state index >= 15 is 0 Å². The molecular formula is C18H19NO5. The number of unbranched alkanes of at least 4 members (excludes halogenated alkanes) is 1. The van der Waals surface area contributed by atoms with Gasteiger partial charge in [0.25, 0.3) is 17.8 Å². The van der Waals surface area contributed by atoms with Crippen LogP contribution in [0.4, 0.5) is 0 Å². The first-order valence-corrected chi connectivity index (χ1v) is 8.01. The molecule has 126 valence electrons. The van der Waals surface area contributed by atoms with Crippen molar-refractivity contribution < 1.29 is 23.6 Å². The molecule has 6 nitrogen and oxygen atoms in total. The Bertz CT molecular complexity index is 675. The Morgan fingerprint density at radius 1 is 1.08 bits per heavy atom. The maximum Gasteiger partial charge on any atom is 0.285 e. The van der Waals surface area contributed by atoms with Gasteiger partial charge in [0.15, 0.2) is 0 Å². The van der Waals surface area contributed by atoms with Crippen LogP contribution in [-0.2, 0) is 4.84 Å². The summed E-state index contributed by atoms with van der Waals surface area (Å²) in [7, 11) is 0. The molecule has 1 aliphatic rings. The standard InChI is InChI=1S/C18H19NO5/c1-2-3-7-13(12-23-16-10-6-11-22-16)24-19-17(20)14-8-4-5-9-15(14)18(19)21/h4-6,8-11,13H,2-3,7,12H2,1H3. The number of carbonyl (C=O) groups excluding carboxylic acids is 2. The van der Waals surface area contributed by atoms with Crippen LogP contribution in [0.5, 0.6) is 5.95 Å². The summed E-state index contributed by atoms with van der Waals surface area (Å²) in [5.74, 6) is -0.493. The van der Waals surface area contributed by atoms with Crippen molar-refractivity contribution in [3.63, 3.8) is 0 Å². The Balaban J connectivity index is 1.68. The molecule has 0 fully saturated rings. The first-order chi connectivity index (χ1) is 11.7. The topological polar surface area (TPSA) is 69.0 Å². The average molecular weight is 329 g/mol. The minimum Gasteiger partial charge on any atom is -0.462 e. The van der Waals surface area contributed by atoms with Gasteiger partial charge in [0.1, 0.15) is 12.7 Å². The number of carbonyl (C=O) groups is 2. The molecule has 0 N–H and O–H groups in total. The van der Waals surface area contributed by atoms with Crippen molar-refractivity contribution in [3.05, 3.63) is 53.8 Å². The molecule has 1 atom stereocenters. The molecule has 2 heterocycles. The summed E-state index contributed by atoms with van der Waals surface area (Å²) in [6.45, 7) is 2.26. The van der Waals surface area contributed by atoms with Crippen LogP contribution >= 0.6 is 0 Å². The number of hydrogen-bond acceptors (Lipinski definition) is 5. The quantitative estimate of drug-likeness (QED) is 0.694. The molecule has 0 spiro atoms. The van der Waals surface area contributed by atoms with E-state index in [-0.39, 0.29) is 6.61 Å². The van der Waals surface area contributed by atoms with Crippen LogP contribution in [0.1, 0.15) is 46.9 Å². The molecule has 1 aliphatic heterocycles. The van der Waals surface area contributed by atoms with Gasteiger partial charge in [0, 0.05) is 6.07 Å². The van der Waals surface area contributed by atoms with Gasteiger partial charge < -0.3 is 9.15 Å². The normalized spacial score (nSPS) is 14.8. The predicted molar refractivity (Wildman–Crippen MR) is 85.5 cm³/mol. The largest absolute Gasteiger partial charge is 0.462 e. The molecular weight excluding hydrogens is 310 g/mol. The summed E-state index contributed by atoms with van der Waals surface area (Å²) in [6, 6.07) is 10.1. The first-order valence-electron chi connectivity index (χ1n) is 8.01. The SMILES string of the molecule is CCCCC(COc1ccco1)ON1C(=O)c2ccccc2C1=O. The maximum absolute atomic E-state index is 12.4. The third-order valence-corrected chi connectivity index (χ3v) is 3.80. The number of amides is 2. The highest BCUT2D eigenvalue weighted by Crippen LogP contribution is 2.24. The number of benzene rings is 1. The van der Waals surface area contributed by atoms with E-state index in [1.807, 2.05) is 0 Å². The number of furan rings is 1. The number of ether oxygens (including phenoxy) is 1. The van der Waals surface area contributed by atoms with Crippen molar-refractivity contribution >= 4 is 11.8 Å². The molecule has 6 heteroatoms. The number of nitrogens with zero attached hydrogens (tertiary/aromatic N) is 1. The maximum atomic E-state index is 12.4. The Labute approximate surface area is 139 Å². The number of rotatable bonds is 8. The van der Waals surface area contributed by atoms with Gasteiger partial charge in [-0.15, -0.1) is 5.06 Å². The smallest absolute Gasteiger partial charge is 0.285 e. The van der Waals surface area contributed by atoms with Crippen molar-refractivity contribution in [3.8, 4) is 5.95 Å². The fourth-order valence-corrected chi connectivity index (χ4v) is 2.53. The highest BCUT2D eigenvalue weighted by Gasteiger charge is 2.38. The lowest BCUT2D eigenvalue weighted by Crippen LogP contribution is -2.37. The summed E-state index contributed by atoms with van der Waals surface area (Å²) >= 11 is 0. The zero-order chi connectivity index (χ0) is 16.9. The lowest BCUT2D eigenvalue weighted by molar-refractivity contribution is -0.145. The Morgan fingerprint density at radius 3 is 2.38 bits per heavy atom. The van der Waals surface area contributed by atoms with Crippen LogP contribution < -0.4 is 4.74 Å². The van der Waals surface area contributed by atoms with Gasteiger partial charge in [-0.05, 0) is 24.6 Å². The van der Waals surface area contributed by atoms with Gasteiger partial charge in [0.05, 0.1) is 17.4 Å². The van der Waals surface area contributed by atoms with Gasteiger partial charge in [0.2, 0.25) is 0 Å². The van der Waals surface area contributed by atoms with Gasteiger partial charge in [-0.2, -0.15) is 0 Å². The fraction of sp³-hybridized carbons (Fsp3) is 0.333. The molecule has 2 amide bonds. The van der Waals surface area contributed by atoms with Gasteiger partial charge in [-0.1, -0.05) is 31.9 Å². The first kappa shape index (κ1) is 16.3. The van der Waals surface area contributed by atoms with Gasteiger partial charge in [-0.25, -0.2) is 0 Å². The van der Waals surface area contributed by atoms with Gasteiger partial charge in [-0.3, -0.25) is 14.4 Å². The number of imide groups is 1. The third-order valence-electron chi connectivity index (χ3n) is 3.80. The van der Waals surface area contributed by atoms with E-state index in [2.05, 4.69) is 6.92 Å². The molecule has 2 aromatic rings. The highest BCUT2D eigenvalue weighted by molar-refractivity contribution is 6.20. The van der Waals surface area contributed by atoms with Crippen LogP contribution in [0, 0.1) is 0 Å². The van der Waals surface area contributed by atoms with Crippen molar-refractivity contribution in [1.29, 1.82) is 0 Å². The minimum atomic E-state index is -0.435. The second kappa shape index (κ2) is 7.31. The summed E-state index contributed by atoms with van der Waals surface area (Å²) in [5, 5.41) is 0.844. The fourth-order valence-electron chi connectivity index (χ4n) is 2.53. The Kier molecular flexibility index (Phi) is 4.96. The summed E-state index contributed by atoms with van der Waals surface area (Å²) in [6.07, 6.45) is 3.64. The van der Waals surface area contributed by atoms with E-state index in [1.54, 1.807) is 36.4 Å². The molecule has 0 aliphatic carbocycles. The van der Waals surface area contributed by atoms with E-state index in [9.17, 15) is 9.59 Å². The molecule has 0 radical (unpaired) electrons. The molecule has 3 rings (SSSR count). The van der Waals surface area contributed by atoms with Crippen molar-refractivity contribution in [2.45, 2.75) is 32.3 Å². The second-order valence-corrected chi connectivity index (χ2v) is 5.56. The van der Waals surface area contributed by atoms with Crippen molar-refractivity contribution in [2.75, 3.05) is 6.61 Å². The Hall–Kier alpha value is -2.60. The van der Waals surface area contributed by atoms with Crippen LogP contribution in [-0.4, -0.2) is 29.6 Å². The highest BCUT2D eigenvalue weighted by atomic mass is 16.7. The molecule has 1 aromatic heterocycles. The van der Waals surface area contributed by atoms with E-state index in [1.165, 1.54) is 6.26 Å². The minimum absolute atomic E-state index is 0.195. The van der Waals surface area contributed by atoms with Crippen molar-refractivity contribution in [2.24, 2.45) is 0 Å². The third kappa shape index (κ3) is 3.33. The molecule has 0 saturated heterocycles. The van der Waals surface area contributed by atoms with E-state index < -0.39 is 17.9 Å². The second-order valence-electron chi connectivity index (χ2n) is 5.56. The molecule has 1 aromatic carbocycles. The summed E-state index contributed by atoms with van der Waals surface area (Å²) in [5.41, 5.74) is 0.729. The lowest BCUT2D eigenvalue weighted by atomic mass is 10.1. The van der Waals surface area contributed by atoms with Gasteiger partial charge >= 0.3 is 0 Å². The number of hydrogen-bond donors (Lipinski definition) is 0. The van der Waals surface area contributed by atoms with Crippen molar-refractivity contribution in [1.82, 2.24) is 5.06 Å². The monoisotopic (exact) mass is 329 g/mol. The average Bonchev–Trinajstić information content (AvgIpc) is 3.20. The molecule has 0 bridgehead atoms. The van der Waals surface area contributed by atoms with Crippen LogP contribution in [0.3, 0.4) is 0 Å². The predicted octanol–water partition coefficient (Wildman–Crippen LogP) is 3.45. The lowest BCUT2D eigenvalue weighted by Gasteiger charge is -2.22. The summed E-state index contributed by atoms with van der Waals surface area (Å²) in [4.78, 5) is 30.4. The number of hydroxylamine groups is 2. The van der Waals surface area contributed by atoms with E-state index in [0.29, 0.717) is 23.5 Å². The van der Waals surface area contributed by atoms with E-state index in [4.69, 9.17) is 14.0 Å². The van der Waals surface area contributed by atoms with Crippen LogP contribution in [0.25, 0.3) is 0 Å². The molecule has 0 saturated carbocycles. The zero-order valence-corrected chi connectivity index (χ0v) is 13.4. The zero-order valence-electron chi connectivity index (χ0n) is 13.4. The van der Waals surface area contributed by atoms with E-state index in [0.717, 1.165) is 17.9 Å². The summed E-state index contributed by atoms with van der Waals surface area (Å²) < 4.78 is 10.6.